The molecule has 0 atom stereocenters. The van der Waals surface area contributed by atoms with Gasteiger partial charge in [-0.05, 0) is 33.2 Å². The standard InChI is InChI=1S/C45H26N4/c1-3-11-28(12-4-1)43-46-44(29-13-5-2-6-14-29)48-45(47-43)30-23-21-27(22-24-30)31-17-9-19-36-37-26-25-35-33-16-8-7-15-32(33)34-18-10-20-38-39(34)40(35)42(37)49(38)41(31)36/h1-26H. The first-order chi connectivity index (χ1) is 24.3. The molecule has 0 aliphatic carbocycles. The molecular formula is C45H26N4. The van der Waals surface area contributed by atoms with Crippen LogP contribution in [-0.2, 0) is 0 Å². The second-order valence-corrected chi connectivity index (χ2v) is 12.8. The maximum Gasteiger partial charge on any atom is 0.164 e. The van der Waals surface area contributed by atoms with E-state index in [0.29, 0.717) is 17.5 Å². The number of benzene rings is 8. The van der Waals surface area contributed by atoms with E-state index in [-0.39, 0.29) is 0 Å². The predicted molar refractivity (Wildman–Crippen MR) is 202 cm³/mol. The molecule has 0 saturated carbocycles. The van der Waals surface area contributed by atoms with Gasteiger partial charge in [-0.3, -0.25) is 0 Å². The van der Waals surface area contributed by atoms with Gasteiger partial charge in [-0.25, -0.2) is 15.0 Å². The minimum Gasteiger partial charge on any atom is -0.307 e. The summed E-state index contributed by atoms with van der Waals surface area (Å²) >= 11 is 0. The molecular weight excluding hydrogens is 597 g/mol. The Morgan fingerprint density at radius 2 is 0.776 bits per heavy atom. The van der Waals surface area contributed by atoms with Gasteiger partial charge in [0.15, 0.2) is 17.5 Å². The first kappa shape index (κ1) is 26.4. The van der Waals surface area contributed by atoms with E-state index in [1.54, 1.807) is 0 Å². The minimum absolute atomic E-state index is 0.654. The number of hydrogen-bond acceptors (Lipinski definition) is 3. The van der Waals surface area contributed by atoms with Crippen LogP contribution in [-0.4, -0.2) is 19.4 Å². The molecule has 0 fully saturated rings. The van der Waals surface area contributed by atoms with Crippen LogP contribution in [0.2, 0.25) is 0 Å². The third kappa shape index (κ3) is 3.71. The fourth-order valence-corrected chi connectivity index (χ4v) is 8.01. The summed E-state index contributed by atoms with van der Waals surface area (Å²) in [6.45, 7) is 0. The fraction of sp³-hybridized carbons (Fsp3) is 0. The summed E-state index contributed by atoms with van der Waals surface area (Å²) in [7, 11) is 0. The van der Waals surface area contributed by atoms with Crippen molar-refractivity contribution in [3.63, 3.8) is 0 Å². The molecule has 11 rings (SSSR count). The highest BCUT2D eigenvalue weighted by molar-refractivity contribution is 6.39. The molecule has 49 heavy (non-hydrogen) atoms. The van der Waals surface area contributed by atoms with Gasteiger partial charge in [0, 0.05) is 43.8 Å². The Labute approximate surface area is 281 Å². The molecule has 0 aliphatic heterocycles. The van der Waals surface area contributed by atoms with E-state index in [1.807, 2.05) is 60.7 Å². The van der Waals surface area contributed by atoms with E-state index in [1.165, 1.54) is 65.2 Å². The van der Waals surface area contributed by atoms with E-state index >= 15 is 0 Å². The molecule has 0 spiro atoms. The summed E-state index contributed by atoms with van der Waals surface area (Å²) in [6.07, 6.45) is 0. The Hall–Kier alpha value is -6.65. The van der Waals surface area contributed by atoms with Gasteiger partial charge < -0.3 is 4.40 Å². The Bertz CT molecular complexity index is 2960. The lowest BCUT2D eigenvalue weighted by Crippen LogP contribution is -2.00. The predicted octanol–water partition coefficient (Wildman–Crippen LogP) is 11.4. The molecule has 3 aromatic heterocycles. The molecule has 0 saturated heterocycles. The van der Waals surface area contributed by atoms with Crippen LogP contribution in [0.1, 0.15) is 0 Å². The highest BCUT2D eigenvalue weighted by Crippen LogP contribution is 2.48. The van der Waals surface area contributed by atoms with Crippen LogP contribution in [0.15, 0.2) is 158 Å². The zero-order valence-electron chi connectivity index (χ0n) is 26.3. The van der Waals surface area contributed by atoms with Gasteiger partial charge in [-0.15, -0.1) is 0 Å². The molecule has 0 radical (unpaired) electrons. The average Bonchev–Trinajstić information content (AvgIpc) is 3.71. The quantitative estimate of drug-likeness (QED) is 0.183. The lowest BCUT2D eigenvalue weighted by Gasteiger charge is -2.10. The van der Waals surface area contributed by atoms with Crippen LogP contribution in [0.3, 0.4) is 0 Å². The smallest absolute Gasteiger partial charge is 0.164 e. The summed E-state index contributed by atoms with van der Waals surface area (Å²) in [4.78, 5) is 14.8. The largest absolute Gasteiger partial charge is 0.307 e. The highest BCUT2D eigenvalue weighted by Gasteiger charge is 2.24. The Kier molecular flexibility index (Phi) is 5.35. The zero-order chi connectivity index (χ0) is 32.1. The minimum atomic E-state index is 0.654. The monoisotopic (exact) mass is 622 g/mol. The molecule has 0 N–H and O–H groups in total. The van der Waals surface area contributed by atoms with Crippen molar-refractivity contribution >= 4 is 59.6 Å². The maximum absolute atomic E-state index is 4.95. The van der Waals surface area contributed by atoms with Gasteiger partial charge in [0.25, 0.3) is 0 Å². The van der Waals surface area contributed by atoms with Crippen molar-refractivity contribution in [2.75, 3.05) is 0 Å². The van der Waals surface area contributed by atoms with Crippen LogP contribution < -0.4 is 0 Å². The lowest BCUT2D eigenvalue weighted by molar-refractivity contribution is 1.07. The molecule has 0 aliphatic rings. The first-order valence-corrected chi connectivity index (χ1v) is 16.6. The van der Waals surface area contributed by atoms with E-state index < -0.39 is 0 Å². The number of fused-ring (bicyclic) bond motifs is 7. The van der Waals surface area contributed by atoms with Gasteiger partial charge in [0.2, 0.25) is 0 Å². The molecule has 0 amide bonds. The van der Waals surface area contributed by atoms with E-state index in [4.69, 9.17) is 15.0 Å². The normalized spacial score (nSPS) is 12.1. The van der Waals surface area contributed by atoms with Crippen molar-refractivity contribution in [2.45, 2.75) is 0 Å². The van der Waals surface area contributed by atoms with Gasteiger partial charge in [-0.2, -0.15) is 0 Å². The van der Waals surface area contributed by atoms with Gasteiger partial charge in [0.05, 0.1) is 16.6 Å². The summed E-state index contributed by atoms with van der Waals surface area (Å²) in [5, 5.41) is 10.5. The van der Waals surface area contributed by atoms with Gasteiger partial charge in [-0.1, -0.05) is 152 Å². The van der Waals surface area contributed by atoms with Crippen LogP contribution >= 0.6 is 0 Å². The number of nitrogens with zero attached hydrogens (tertiary/aromatic N) is 4. The van der Waals surface area contributed by atoms with Crippen molar-refractivity contribution in [1.82, 2.24) is 19.4 Å². The topological polar surface area (TPSA) is 43.1 Å². The first-order valence-electron chi connectivity index (χ1n) is 16.6. The van der Waals surface area contributed by atoms with E-state index in [9.17, 15) is 0 Å². The summed E-state index contributed by atoms with van der Waals surface area (Å²) in [5.74, 6) is 1.98. The second-order valence-electron chi connectivity index (χ2n) is 12.8. The number of aromatic nitrogens is 4. The Morgan fingerprint density at radius 1 is 0.306 bits per heavy atom. The van der Waals surface area contributed by atoms with E-state index in [2.05, 4.69) is 101 Å². The molecule has 0 bridgehead atoms. The summed E-state index contributed by atoms with van der Waals surface area (Å²) in [6, 6.07) is 55.9. The Balaban J connectivity index is 1.12. The number of hydrogen-bond donors (Lipinski definition) is 0. The van der Waals surface area contributed by atoms with Crippen LogP contribution in [0, 0.1) is 0 Å². The molecule has 8 aromatic carbocycles. The number of para-hydroxylation sites is 1. The molecule has 11 aromatic rings. The van der Waals surface area contributed by atoms with Crippen molar-refractivity contribution in [3.05, 3.63) is 158 Å². The highest BCUT2D eigenvalue weighted by atomic mass is 15.0. The molecule has 4 heteroatoms. The van der Waals surface area contributed by atoms with Gasteiger partial charge in [0.1, 0.15) is 0 Å². The molecule has 226 valence electrons. The summed E-state index contributed by atoms with van der Waals surface area (Å²) < 4.78 is 2.52. The van der Waals surface area contributed by atoms with Gasteiger partial charge >= 0.3 is 0 Å². The fourth-order valence-electron chi connectivity index (χ4n) is 8.01. The number of rotatable bonds is 4. The summed E-state index contributed by atoms with van der Waals surface area (Å²) in [5.41, 5.74) is 9.02. The molecule has 0 unspecified atom stereocenters. The van der Waals surface area contributed by atoms with Crippen molar-refractivity contribution in [3.8, 4) is 45.3 Å². The SMILES string of the molecule is c1ccc(-c2nc(-c3ccccc3)nc(-c3ccc(-c4cccc5c6ccc7c8ccccc8c8cccc9c8c7c6n9c45)cc3)n2)cc1. The van der Waals surface area contributed by atoms with Crippen LogP contribution in [0.5, 0.6) is 0 Å². The Morgan fingerprint density at radius 3 is 1.43 bits per heavy atom. The average molecular weight is 623 g/mol. The van der Waals surface area contributed by atoms with Crippen molar-refractivity contribution in [2.24, 2.45) is 0 Å². The lowest BCUT2D eigenvalue weighted by atomic mass is 9.93. The van der Waals surface area contributed by atoms with Crippen LogP contribution in [0.25, 0.3) is 105 Å². The third-order valence-corrected chi connectivity index (χ3v) is 10.1. The third-order valence-electron chi connectivity index (χ3n) is 10.1. The molecule has 3 heterocycles. The van der Waals surface area contributed by atoms with Crippen molar-refractivity contribution < 1.29 is 0 Å². The van der Waals surface area contributed by atoms with Crippen molar-refractivity contribution in [1.29, 1.82) is 0 Å². The zero-order valence-corrected chi connectivity index (χ0v) is 26.3. The van der Waals surface area contributed by atoms with Crippen LogP contribution in [0.4, 0.5) is 0 Å². The van der Waals surface area contributed by atoms with E-state index in [0.717, 1.165) is 22.3 Å². The molecule has 4 nitrogen and oxygen atoms in total. The maximum atomic E-state index is 4.95. The second kappa shape index (κ2) is 9.93.